The summed E-state index contributed by atoms with van der Waals surface area (Å²) in [5, 5.41) is 0.727. The van der Waals surface area contributed by atoms with E-state index in [4.69, 9.17) is 21.1 Å². The van der Waals surface area contributed by atoms with E-state index in [-0.39, 0.29) is 41.8 Å². The number of fused-ring (bicyclic) bond motifs is 5. The van der Waals surface area contributed by atoms with E-state index in [9.17, 15) is 4.79 Å². The second kappa shape index (κ2) is 10.2. The molecule has 4 nitrogen and oxygen atoms in total. The van der Waals surface area contributed by atoms with Crippen molar-refractivity contribution in [1.82, 2.24) is 0 Å². The van der Waals surface area contributed by atoms with E-state index >= 15 is 0 Å². The summed E-state index contributed by atoms with van der Waals surface area (Å²) in [6.45, 7) is 9.14. The topological polar surface area (TPSA) is 35.5 Å². The van der Waals surface area contributed by atoms with Crippen LogP contribution in [0.15, 0.2) is 42.5 Å². The van der Waals surface area contributed by atoms with Crippen LogP contribution >= 0.6 is 11.6 Å². The lowest BCUT2D eigenvalue weighted by atomic mass is 9.70. The molecule has 3 aliphatic rings. The van der Waals surface area contributed by atoms with Crippen LogP contribution in [0.2, 0.25) is 5.02 Å². The molecule has 0 aromatic heterocycles. The zero-order valence-corrected chi connectivity index (χ0v) is 24.1. The summed E-state index contributed by atoms with van der Waals surface area (Å²) in [6.07, 6.45) is 4.14. The molecule has 6 heteroatoms. The summed E-state index contributed by atoms with van der Waals surface area (Å²) in [5.41, 5.74) is 2.70. The Hall–Kier alpha value is -1.31. The van der Waals surface area contributed by atoms with E-state index < -0.39 is 0 Å². The van der Waals surface area contributed by atoms with Crippen LogP contribution < -0.4 is 28.7 Å². The molecule has 35 heavy (non-hydrogen) atoms. The first-order valence-electron chi connectivity index (χ1n) is 12.7. The number of benzene rings is 2. The number of carbonyl (C=O) groups excluding carboxylic acids is 1. The number of esters is 1. The zero-order valence-electron chi connectivity index (χ0n) is 21.2. The molecule has 3 atom stereocenters. The maximum atomic E-state index is 13.0. The minimum atomic E-state index is -0.00835. The van der Waals surface area contributed by atoms with Crippen molar-refractivity contribution in [2.45, 2.75) is 58.3 Å². The summed E-state index contributed by atoms with van der Waals surface area (Å²) in [7, 11) is 2.21. The molecular formula is C29H37ClINO3. The first kappa shape index (κ1) is 26.7. The number of quaternary nitrogens is 1. The number of hydrogen-bond donors (Lipinski definition) is 0. The van der Waals surface area contributed by atoms with Crippen molar-refractivity contribution in [1.29, 1.82) is 0 Å². The first-order valence-corrected chi connectivity index (χ1v) is 13.1. The van der Waals surface area contributed by atoms with E-state index in [0.717, 1.165) is 60.9 Å². The van der Waals surface area contributed by atoms with E-state index in [0.29, 0.717) is 28.5 Å². The maximum absolute atomic E-state index is 13.0. The minimum Gasteiger partial charge on any atom is -1.00 e. The van der Waals surface area contributed by atoms with Crippen molar-refractivity contribution in [2.75, 3.05) is 26.9 Å². The van der Waals surface area contributed by atoms with E-state index in [1.807, 2.05) is 24.3 Å². The van der Waals surface area contributed by atoms with Gasteiger partial charge in [-0.3, -0.25) is 9.28 Å². The Morgan fingerprint density at radius 1 is 1.00 bits per heavy atom. The van der Waals surface area contributed by atoms with Gasteiger partial charge in [-0.15, -0.1) is 0 Å². The molecule has 0 bridgehead atoms. The number of rotatable bonds is 3. The van der Waals surface area contributed by atoms with Crippen LogP contribution in [0.25, 0.3) is 0 Å². The predicted molar refractivity (Wildman–Crippen MR) is 135 cm³/mol. The van der Waals surface area contributed by atoms with Gasteiger partial charge in [-0.2, -0.15) is 0 Å². The molecule has 1 saturated carbocycles. The van der Waals surface area contributed by atoms with Crippen molar-refractivity contribution in [3.8, 4) is 11.5 Å². The Labute approximate surface area is 231 Å². The van der Waals surface area contributed by atoms with E-state index in [1.165, 1.54) is 5.56 Å². The average Bonchev–Trinajstić information content (AvgIpc) is 3.10. The van der Waals surface area contributed by atoms with Crippen LogP contribution in [0, 0.1) is 17.3 Å². The normalized spacial score (nSPS) is 29.5. The number of para-hydroxylation sites is 1. The van der Waals surface area contributed by atoms with Crippen LogP contribution in [-0.2, 0) is 9.53 Å². The third kappa shape index (κ3) is 5.52. The fourth-order valence-electron chi connectivity index (χ4n) is 6.45. The number of carbonyl (C=O) groups is 1. The summed E-state index contributed by atoms with van der Waals surface area (Å²) in [4.78, 5) is 13.0. The van der Waals surface area contributed by atoms with Crippen LogP contribution in [0.5, 0.6) is 11.5 Å². The number of likely N-dealkylation sites (N-methyl/N-ethyl adjacent to an activating group) is 1. The lowest BCUT2D eigenvalue weighted by Crippen LogP contribution is -3.00. The Morgan fingerprint density at radius 3 is 2.31 bits per heavy atom. The van der Waals surface area contributed by atoms with E-state index in [2.05, 4.69) is 46.0 Å². The SMILES string of the molecule is CC(C)(C)C1CCC(C(=O)OC[N+]2(C)CC3c4ccccc4Oc4ccc(Cl)cc4C3C2)CC1.[I-]. The second-order valence-electron chi connectivity index (χ2n) is 12.0. The van der Waals surface area contributed by atoms with Gasteiger partial charge in [0.05, 0.1) is 26.1 Å². The van der Waals surface area contributed by atoms with Gasteiger partial charge in [0.2, 0.25) is 6.73 Å². The smallest absolute Gasteiger partial charge is 0.313 e. The minimum absolute atomic E-state index is 0. The van der Waals surface area contributed by atoms with Gasteiger partial charge in [0.25, 0.3) is 0 Å². The summed E-state index contributed by atoms with van der Waals surface area (Å²) >= 11 is 6.40. The number of halogens is 2. The Balaban J connectivity index is 0.00000289. The van der Waals surface area contributed by atoms with Gasteiger partial charge >= 0.3 is 5.97 Å². The third-order valence-corrected chi connectivity index (χ3v) is 8.71. The van der Waals surface area contributed by atoms with Crippen LogP contribution in [0.1, 0.15) is 69.4 Å². The molecule has 2 aromatic carbocycles. The summed E-state index contributed by atoms with van der Waals surface area (Å²) in [6, 6.07) is 14.3. The summed E-state index contributed by atoms with van der Waals surface area (Å²) < 4.78 is 13.0. The molecule has 2 aromatic rings. The molecule has 3 unspecified atom stereocenters. The Kier molecular flexibility index (Phi) is 7.81. The number of nitrogens with zero attached hydrogens (tertiary/aromatic N) is 1. The molecule has 2 fully saturated rings. The molecule has 0 radical (unpaired) electrons. The highest BCUT2D eigenvalue weighted by Crippen LogP contribution is 2.51. The highest BCUT2D eigenvalue weighted by Gasteiger charge is 2.48. The second-order valence-corrected chi connectivity index (χ2v) is 12.5. The van der Waals surface area contributed by atoms with Gasteiger partial charge in [0.1, 0.15) is 11.5 Å². The van der Waals surface area contributed by atoms with Crippen LogP contribution in [0.3, 0.4) is 0 Å². The van der Waals surface area contributed by atoms with Crippen molar-refractivity contribution in [2.24, 2.45) is 17.3 Å². The number of likely N-dealkylation sites (tertiary alicyclic amines) is 1. The highest BCUT2D eigenvalue weighted by atomic mass is 127. The molecule has 1 saturated heterocycles. The zero-order chi connectivity index (χ0) is 24.1. The molecule has 190 valence electrons. The van der Waals surface area contributed by atoms with Gasteiger partial charge in [-0.25, -0.2) is 0 Å². The van der Waals surface area contributed by atoms with Crippen LogP contribution in [0.4, 0.5) is 0 Å². The van der Waals surface area contributed by atoms with Crippen LogP contribution in [-0.4, -0.2) is 37.3 Å². The first-order chi connectivity index (χ1) is 16.1. The van der Waals surface area contributed by atoms with Gasteiger partial charge in [0.15, 0.2) is 0 Å². The molecule has 0 N–H and O–H groups in total. The van der Waals surface area contributed by atoms with E-state index in [1.54, 1.807) is 0 Å². The molecule has 1 aliphatic carbocycles. The lowest BCUT2D eigenvalue weighted by Gasteiger charge is -2.36. The molecule has 2 aliphatic heterocycles. The predicted octanol–water partition coefficient (Wildman–Crippen LogP) is 4.13. The van der Waals surface area contributed by atoms with Gasteiger partial charge in [-0.1, -0.05) is 50.6 Å². The Morgan fingerprint density at radius 2 is 1.63 bits per heavy atom. The quantitative estimate of drug-likeness (QED) is 0.298. The van der Waals surface area contributed by atoms with Crippen molar-refractivity contribution in [3.63, 3.8) is 0 Å². The average molecular weight is 610 g/mol. The standard InChI is InChI=1S/C29H37ClNO3.HI/c1-29(2,3)20-11-9-19(10-12-20)28(32)33-18-31(4)16-24-22-7-5-6-8-26(22)34-27-14-13-21(30)15-23(27)25(24)17-31;/h5-8,13-15,19-20,24-25H,9-12,16-18H2,1-4H3;1H/q+1;/p-1. The van der Waals surface area contributed by atoms with Gasteiger partial charge in [-0.05, 0) is 61.3 Å². The largest absolute Gasteiger partial charge is 1.00 e. The maximum Gasteiger partial charge on any atom is 0.313 e. The molecular weight excluding hydrogens is 573 g/mol. The fourth-order valence-corrected chi connectivity index (χ4v) is 6.63. The van der Waals surface area contributed by atoms with Gasteiger partial charge in [0, 0.05) is 28.0 Å². The monoisotopic (exact) mass is 609 g/mol. The lowest BCUT2D eigenvalue weighted by molar-refractivity contribution is -0.915. The van der Waals surface area contributed by atoms with Crippen molar-refractivity contribution in [3.05, 3.63) is 58.6 Å². The van der Waals surface area contributed by atoms with Crippen molar-refractivity contribution >= 4 is 17.6 Å². The fraction of sp³-hybridized carbons (Fsp3) is 0.552. The summed E-state index contributed by atoms with van der Waals surface area (Å²) in [5.74, 6) is 3.09. The molecule has 5 rings (SSSR count). The Bertz CT molecular complexity index is 1080. The molecule has 0 spiro atoms. The molecule has 2 heterocycles. The number of ether oxygens (including phenoxy) is 2. The third-order valence-electron chi connectivity index (χ3n) is 8.47. The highest BCUT2D eigenvalue weighted by molar-refractivity contribution is 6.30. The molecule has 0 amide bonds. The van der Waals surface area contributed by atoms with Crippen molar-refractivity contribution < 1.29 is 42.7 Å². The van der Waals surface area contributed by atoms with Gasteiger partial charge < -0.3 is 33.5 Å². The number of hydrogen-bond acceptors (Lipinski definition) is 3.